The van der Waals surface area contributed by atoms with E-state index in [0.29, 0.717) is 17.9 Å². The lowest BCUT2D eigenvalue weighted by molar-refractivity contribution is 0.303. The van der Waals surface area contributed by atoms with Gasteiger partial charge in [-0.3, -0.25) is 0 Å². The summed E-state index contributed by atoms with van der Waals surface area (Å²) in [7, 11) is -3.20. The zero-order valence-corrected chi connectivity index (χ0v) is 16.6. The van der Waals surface area contributed by atoms with Gasteiger partial charge in [-0.2, -0.15) is 4.52 Å². The van der Waals surface area contributed by atoms with Gasteiger partial charge in [0.05, 0.1) is 5.75 Å². The quantitative estimate of drug-likeness (QED) is 0.521. The average molecular weight is 384 g/mol. The number of hydrogen-bond acceptors (Lipinski definition) is 7. The van der Waals surface area contributed by atoms with Gasteiger partial charge in [0.1, 0.15) is 5.82 Å². The Morgan fingerprint density at radius 3 is 2.58 bits per heavy atom. The maximum absolute atomic E-state index is 11.5. The molecule has 0 atom stereocenters. The zero-order valence-electron chi connectivity index (χ0n) is 15.8. The van der Waals surface area contributed by atoms with E-state index in [0.717, 1.165) is 38.4 Å². The summed E-state index contributed by atoms with van der Waals surface area (Å²) in [5.74, 6) is 1.45. The second kappa shape index (κ2) is 9.79. The molecule has 0 aromatic carbocycles. The highest BCUT2D eigenvalue weighted by molar-refractivity contribution is 7.89. The molecule has 0 amide bonds. The van der Waals surface area contributed by atoms with Crippen LogP contribution in [0, 0.1) is 0 Å². The number of nitrogens with one attached hydrogen (secondary N) is 2. The minimum atomic E-state index is -3.20. The molecule has 0 bridgehead atoms. The van der Waals surface area contributed by atoms with E-state index in [9.17, 15) is 8.42 Å². The highest BCUT2D eigenvalue weighted by Gasteiger charge is 2.10. The molecule has 0 saturated heterocycles. The lowest BCUT2D eigenvalue weighted by Gasteiger charge is -2.17. The first kappa shape index (κ1) is 20.5. The minimum absolute atomic E-state index is 0.0629. The summed E-state index contributed by atoms with van der Waals surface area (Å²) in [5, 5.41) is 16.0. The molecular formula is C16H29N7O2S. The van der Waals surface area contributed by atoms with E-state index in [4.69, 9.17) is 0 Å². The van der Waals surface area contributed by atoms with E-state index >= 15 is 0 Å². The number of anilines is 1. The Balaban J connectivity index is 1.92. The van der Waals surface area contributed by atoms with E-state index in [1.807, 2.05) is 12.1 Å². The third kappa shape index (κ3) is 5.89. The van der Waals surface area contributed by atoms with Gasteiger partial charge in [-0.05, 0) is 45.1 Å². The smallest absolute Gasteiger partial charge is 0.211 e. The summed E-state index contributed by atoms with van der Waals surface area (Å²) in [5.41, 5.74) is 0.645. The van der Waals surface area contributed by atoms with Crippen LogP contribution in [0.15, 0.2) is 12.1 Å². The van der Waals surface area contributed by atoms with E-state index in [-0.39, 0.29) is 12.3 Å². The maximum atomic E-state index is 11.5. The normalized spacial score (nSPS) is 12.2. The largest absolute Gasteiger partial charge is 0.369 e. The standard InChI is InChI=1S/C16H29N7O2S/c1-4-22(5-2)13-7-11-17-14-8-9-15-19-20-16(23(15)21-14)10-12-18-26(24,25)6-3/h8-9,18H,4-7,10-13H2,1-3H3,(H,17,21). The molecule has 2 heterocycles. The molecule has 10 heteroatoms. The first-order valence-corrected chi connectivity index (χ1v) is 10.8. The first-order chi connectivity index (χ1) is 12.5. The molecule has 0 aliphatic rings. The van der Waals surface area contributed by atoms with Crippen LogP contribution >= 0.6 is 0 Å². The zero-order chi connectivity index (χ0) is 19.0. The molecule has 0 unspecified atom stereocenters. The summed E-state index contributed by atoms with van der Waals surface area (Å²) < 4.78 is 27.2. The molecule has 146 valence electrons. The third-order valence-corrected chi connectivity index (χ3v) is 5.63. The predicted octanol–water partition coefficient (Wildman–Crippen LogP) is 0.750. The fourth-order valence-corrected chi connectivity index (χ4v) is 3.18. The van der Waals surface area contributed by atoms with E-state index < -0.39 is 10.0 Å². The number of fused-ring (bicyclic) bond motifs is 1. The molecule has 0 fully saturated rings. The third-order valence-electron chi connectivity index (χ3n) is 4.23. The fraction of sp³-hybridized carbons (Fsp3) is 0.688. The monoisotopic (exact) mass is 383 g/mol. The molecule has 0 aliphatic heterocycles. The van der Waals surface area contributed by atoms with Crippen molar-refractivity contribution in [3.05, 3.63) is 18.0 Å². The maximum Gasteiger partial charge on any atom is 0.211 e. The highest BCUT2D eigenvalue weighted by Crippen LogP contribution is 2.08. The van der Waals surface area contributed by atoms with Crippen molar-refractivity contribution in [2.45, 2.75) is 33.6 Å². The van der Waals surface area contributed by atoms with Crippen molar-refractivity contribution in [2.75, 3.05) is 43.8 Å². The van der Waals surface area contributed by atoms with Crippen LogP contribution in [-0.4, -0.2) is 71.6 Å². The summed E-state index contributed by atoms with van der Waals surface area (Å²) in [6.07, 6.45) is 1.47. The Labute approximate surface area is 155 Å². The second-order valence-corrected chi connectivity index (χ2v) is 8.06. The Bertz CT molecular complexity index is 787. The predicted molar refractivity (Wildman–Crippen MR) is 103 cm³/mol. The van der Waals surface area contributed by atoms with Gasteiger partial charge in [0.15, 0.2) is 11.5 Å². The highest BCUT2D eigenvalue weighted by atomic mass is 32.2. The van der Waals surface area contributed by atoms with E-state index in [1.165, 1.54) is 0 Å². The number of aromatic nitrogens is 4. The molecule has 0 saturated carbocycles. The van der Waals surface area contributed by atoms with Gasteiger partial charge < -0.3 is 10.2 Å². The molecule has 26 heavy (non-hydrogen) atoms. The van der Waals surface area contributed by atoms with Crippen LogP contribution in [0.4, 0.5) is 5.82 Å². The lowest BCUT2D eigenvalue weighted by Crippen LogP contribution is -2.27. The Hall–Kier alpha value is -1.78. The lowest BCUT2D eigenvalue weighted by atomic mass is 10.3. The molecule has 2 aromatic rings. The minimum Gasteiger partial charge on any atom is -0.369 e. The van der Waals surface area contributed by atoms with Crippen LogP contribution in [0.2, 0.25) is 0 Å². The Morgan fingerprint density at radius 2 is 1.88 bits per heavy atom. The summed E-state index contributed by atoms with van der Waals surface area (Å²) in [4.78, 5) is 2.38. The van der Waals surface area contributed by atoms with Crippen LogP contribution in [-0.2, 0) is 16.4 Å². The van der Waals surface area contributed by atoms with E-state index in [2.05, 4.69) is 44.1 Å². The summed E-state index contributed by atoms with van der Waals surface area (Å²) >= 11 is 0. The first-order valence-electron chi connectivity index (χ1n) is 9.14. The van der Waals surface area contributed by atoms with Crippen LogP contribution in [0.1, 0.15) is 33.0 Å². The van der Waals surface area contributed by atoms with Gasteiger partial charge in [0, 0.05) is 19.5 Å². The van der Waals surface area contributed by atoms with Crippen LogP contribution in [0.3, 0.4) is 0 Å². The summed E-state index contributed by atoms with van der Waals surface area (Å²) in [6.45, 7) is 10.2. The van der Waals surface area contributed by atoms with Gasteiger partial charge in [0.2, 0.25) is 10.0 Å². The second-order valence-electron chi connectivity index (χ2n) is 5.96. The van der Waals surface area contributed by atoms with Crippen molar-refractivity contribution in [3.8, 4) is 0 Å². The van der Waals surface area contributed by atoms with Crippen LogP contribution < -0.4 is 10.0 Å². The average Bonchev–Trinajstić information content (AvgIpc) is 3.04. The number of rotatable bonds is 12. The molecule has 9 nitrogen and oxygen atoms in total. The Morgan fingerprint density at radius 1 is 1.12 bits per heavy atom. The van der Waals surface area contributed by atoms with Crippen LogP contribution in [0.5, 0.6) is 0 Å². The van der Waals surface area contributed by atoms with Crippen molar-refractivity contribution in [2.24, 2.45) is 0 Å². The Kier molecular flexibility index (Phi) is 7.73. The van der Waals surface area contributed by atoms with Crippen molar-refractivity contribution < 1.29 is 8.42 Å². The van der Waals surface area contributed by atoms with Crippen molar-refractivity contribution in [3.63, 3.8) is 0 Å². The van der Waals surface area contributed by atoms with Gasteiger partial charge in [-0.1, -0.05) is 13.8 Å². The number of sulfonamides is 1. The molecule has 2 rings (SSSR count). The van der Waals surface area contributed by atoms with Crippen molar-refractivity contribution >= 4 is 21.5 Å². The number of hydrogen-bond donors (Lipinski definition) is 2. The number of nitrogens with zero attached hydrogens (tertiary/aromatic N) is 5. The molecule has 0 aliphatic carbocycles. The molecule has 0 spiro atoms. The van der Waals surface area contributed by atoms with E-state index in [1.54, 1.807) is 11.4 Å². The van der Waals surface area contributed by atoms with Gasteiger partial charge in [-0.25, -0.2) is 13.1 Å². The van der Waals surface area contributed by atoms with Gasteiger partial charge in [0.25, 0.3) is 0 Å². The van der Waals surface area contributed by atoms with Crippen molar-refractivity contribution in [1.29, 1.82) is 0 Å². The molecule has 0 radical (unpaired) electrons. The summed E-state index contributed by atoms with van der Waals surface area (Å²) in [6, 6.07) is 3.73. The molecular weight excluding hydrogens is 354 g/mol. The van der Waals surface area contributed by atoms with Crippen LogP contribution in [0.25, 0.3) is 5.65 Å². The van der Waals surface area contributed by atoms with Gasteiger partial charge in [-0.15, -0.1) is 15.3 Å². The van der Waals surface area contributed by atoms with Crippen molar-refractivity contribution in [1.82, 2.24) is 29.4 Å². The molecule has 2 aromatic heterocycles. The fourth-order valence-electron chi connectivity index (χ4n) is 2.56. The van der Waals surface area contributed by atoms with Gasteiger partial charge >= 0.3 is 0 Å². The topological polar surface area (TPSA) is 105 Å². The SMILES string of the molecule is CCN(CC)CCCNc1ccc2nnc(CCNS(=O)(=O)CC)n2n1. The molecule has 2 N–H and O–H groups in total.